The molecule has 0 aliphatic carbocycles. The number of aromatic amines is 1. The third-order valence-electron chi connectivity index (χ3n) is 3.63. The number of sulfonamides is 1. The zero-order chi connectivity index (χ0) is 18.0. The Hall–Kier alpha value is -2.78. The Morgan fingerprint density at radius 2 is 1.72 bits per heavy atom. The lowest BCUT2D eigenvalue weighted by atomic mass is 10.3. The zero-order valence-corrected chi connectivity index (χ0v) is 13.7. The Morgan fingerprint density at radius 1 is 1.04 bits per heavy atom. The van der Waals surface area contributed by atoms with Gasteiger partial charge in [-0.3, -0.25) is 9.59 Å². The van der Waals surface area contributed by atoms with Crippen LogP contribution in [0.25, 0.3) is 11.0 Å². The summed E-state index contributed by atoms with van der Waals surface area (Å²) < 4.78 is 40.8. The number of hydrogen-bond acceptors (Lipinski definition) is 4. The van der Waals surface area contributed by atoms with Gasteiger partial charge >= 0.3 is 11.1 Å². The maximum absolute atomic E-state index is 12.9. The van der Waals surface area contributed by atoms with Crippen LogP contribution < -0.4 is 15.8 Å². The molecule has 0 aliphatic rings. The van der Waals surface area contributed by atoms with E-state index < -0.39 is 27.0 Å². The number of nitrogens with one attached hydrogen (secondary N) is 2. The molecule has 7 nitrogen and oxygen atoms in total. The van der Waals surface area contributed by atoms with Crippen LogP contribution in [-0.4, -0.2) is 24.5 Å². The monoisotopic (exact) mass is 363 g/mol. The molecule has 2 aromatic carbocycles. The van der Waals surface area contributed by atoms with Crippen LogP contribution >= 0.6 is 0 Å². The molecule has 1 aromatic heterocycles. The van der Waals surface area contributed by atoms with Gasteiger partial charge in [0.1, 0.15) is 5.82 Å². The van der Waals surface area contributed by atoms with Crippen molar-refractivity contribution < 1.29 is 12.8 Å². The lowest BCUT2D eigenvalue weighted by Crippen LogP contribution is -2.39. The SMILES string of the molecule is O=c1[nH]c2ccccc2n(CCNS(=O)(=O)c2ccc(F)cc2)c1=O. The molecule has 0 atom stereocenters. The van der Waals surface area contributed by atoms with Crippen molar-refractivity contribution in [2.75, 3.05) is 6.54 Å². The second-order valence-corrected chi connectivity index (χ2v) is 7.05. The third kappa shape index (κ3) is 3.52. The average Bonchev–Trinajstić information content (AvgIpc) is 2.58. The molecule has 0 saturated heterocycles. The second kappa shape index (κ2) is 6.61. The van der Waals surface area contributed by atoms with Crippen LogP contribution in [0, 0.1) is 5.82 Å². The fourth-order valence-electron chi connectivity index (χ4n) is 2.43. The van der Waals surface area contributed by atoms with Gasteiger partial charge in [0.2, 0.25) is 10.0 Å². The smallest absolute Gasteiger partial charge is 0.316 e. The number of aromatic nitrogens is 2. The molecule has 9 heteroatoms. The Morgan fingerprint density at radius 3 is 2.44 bits per heavy atom. The summed E-state index contributed by atoms with van der Waals surface area (Å²) in [5.41, 5.74) is -0.568. The molecule has 0 saturated carbocycles. The van der Waals surface area contributed by atoms with E-state index >= 15 is 0 Å². The van der Waals surface area contributed by atoms with Gasteiger partial charge in [0.25, 0.3) is 0 Å². The number of halogens is 1. The standard InChI is InChI=1S/C16H14FN3O4S/c17-11-5-7-12(8-6-11)25(23,24)18-9-10-20-14-4-2-1-3-13(14)19-15(21)16(20)22/h1-8,18H,9-10H2,(H,19,21). The van der Waals surface area contributed by atoms with Gasteiger partial charge in [-0.15, -0.1) is 0 Å². The van der Waals surface area contributed by atoms with Crippen LogP contribution in [0.1, 0.15) is 0 Å². The van der Waals surface area contributed by atoms with E-state index in [2.05, 4.69) is 9.71 Å². The normalized spacial score (nSPS) is 11.7. The number of hydrogen-bond donors (Lipinski definition) is 2. The van der Waals surface area contributed by atoms with Crippen LogP contribution in [0.3, 0.4) is 0 Å². The molecule has 0 amide bonds. The summed E-state index contributed by atoms with van der Waals surface area (Å²) >= 11 is 0. The van der Waals surface area contributed by atoms with Gasteiger partial charge in [0, 0.05) is 13.1 Å². The summed E-state index contributed by atoms with van der Waals surface area (Å²) in [4.78, 5) is 26.1. The molecule has 0 bridgehead atoms. The van der Waals surface area contributed by atoms with Crippen molar-refractivity contribution in [3.63, 3.8) is 0 Å². The molecular weight excluding hydrogens is 349 g/mol. The molecule has 0 spiro atoms. The first-order valence-corrected chi connectivity index (χ1v) is 8.84. The highest BCUT2D eigenvalue weighted by Crippen LogP contribution is 2.10. The molecule has 1 heterocycles. The molecule has 3 rings (SSSR count). The van der Waals surface area contributed by atoms with Gasteiger partial charge in [0.05, 0.1) is 15.9 Å². The van der Waals surface area contributed by atoms with E-state index in [9.17, 15) is 22.4 Å². The summed E-state index contributed by atoms with van der Waals surface area (Å²) in [6.45, 7) is -0.128. The fourth-order valence-corrected chi connectivity index (χ4v) is 3.45. The quantitative estimate of drug-likeness (QED) is 0.655. The first kappa shape index (κ1) is 17.1. The minimum Gasteiger partial charge on any atom is -0.316 e. The van der Waals surface area contributed by atoms with Crippen LogP contribution in [-0.2, 0) is 16.6 Å². The largest absolute Gasteiger partial charge is 0.316 e. The lowest BCUT2D eigenvalue weighted by molar-refractivity contribution is 0.571. The summed E-state index contributed by atoms with van der Waals surface area (Å²) in [6, 6.07) is 11.1. The highest BCUT2D eigenvalue weighted by molar-refractivity contribution is 7.89. The minimum atomic E-state index is -3.84. The maximum Gasteiger partial charge on any atom is 0.316 e. The van der Waals surface area contributed by atoms with Crippen molar-refractivity contribution in [1.82, 2.24) is 14.3 Å². The molecule has 25 heavy (non-hydrogen) atoms. The topological polar surface area (TPSA) is 101 Å². The predicted octanol–water partition coefficient (Wildman–Crippen LogP) is 0.807. The van der Waals surface area contributed by atoms with Crippen LogP contribution in [0.15, 0.2) is 63.0 Å². The highest BCUT2D eigenvalue weighted by Gasteiger charge is 2.14. The van der Waals surface area contributed by atoms with E-state index in [1.54, 1.807) is 24.3 Å². The Labute approximate surface area is 141 Å². The summed E-state index contributed by atoms with van der Waals surface area (Å²) in [5.74, 6) is -0.541. The first-order valence-electron chi connectivity index (χ1n) is 7.35. The molecule has 0 radical (unpaired) electrons. The van der Waals surface area contributed by atoms with Gasteiger partial charge in [-0.2, -0.15) is 0 Å². The Bertz CT molecular complexity index is 1130. The van der Waals surface area contributed by atoms with Gasteiger partial charge in [-0.25, -0.2) is 17.5 Å². The molecule has 0 aliphatic heterocycles. The number of H-pyrrole nitrogens is 1. The van der Waals surface area contributed by atoms with E-state index in [1.165, 1.54) is 4.57 Å². The van der Waals surface area contributed by atoms with Gasteiger partial charge in [0.15, 0.2) is 0 Å². The molecule has 2 N–H and O–H groups in total. The number of rotatable bonds is 5. The zero-order valence-electron chi connectivity index (χ0n) is 12.9. The number of fused-ring (bicyclic) bond motifs is 1. The number of nitrogens with zero attached hydrogens (tertiary/aromatic N) is 1. The van der Waals surface area contributed by atoms with Crippen LogP contribution in [0.4, 0.5) is 4.39 Å². The van der Waals surface area contributed by atoms with Gasteiger partial charge in [-0.1, -0.05) is 12.1 Å². The van der Waals surface area contributed by atoms with Crippen molar-refractivity contribution in [3.05, 3.63) is 75.1 Å². The molecule has 3 aromatic rings. The minimum absolute atomic E-state index is 0.0241. The molecular formula is C16H14FN3O4S. The summed E-state index contributed by atoms with van der Waals surface area (Å²) in [5, 5.41) is 0. The van der Waals surface area contributed by atoms with Crippen molar-refractivity contribution >= 4 is 21.1 Å². The van der Waals surface area contributed by atoms with Crippen LogP contribution in [0.5, 0.6) is 0 Å². The molecule has 0 unspecified atom stereocenters. The maximum atomic E-state index is 12.9. The average molecular weight is 363 g/mol. The first-order chi connectivity index (χ1) is 11.9. The van der Waals surface area contributed by atoms with Crippen molar-refractivity contribution in [2.24, 2.45) is 0 Å². The summed E-state index contributed by atoms with van der Waals surface area (Å²) in [6.07, 6.45) is 0. The van der Waals surface area contributed by atoms with Gasteiger partial charge < -0.3 is 9.55 Å². The molecule has 130 valence electrons. The number of benzene rings is 2. The van der Waals surface area contributed by atoms with Crippen molar-refractivity contribution in [2.45, 2.75) is 11.4 Å². The Kier molecular flexibility index (Phi) is 4.51. The van der Waals surface area contributed by atoms with E-state index in [4.69, 9.17) is 0 Å². The predicted molar refractivity (Wildman–Crippen MR) is 90.4 cm³/mol. The fraction of sp³-hybridized carbons (Fsp3) is 0.125. The third-order valence-corrected chi connectivity index (χ3v) is 5.11. The van der Waals surface area contributed by atoms with E-state index in [0.717, 1.165) is 24.3 Å². The van der Waals surface area contributed by atoms with Crippen molar-refractivity contribution in [3.8, 4) is 0 Å². The van der Waals surface area contributed by atoms with Crippen LogP contribution in [0.2, 0.25) is 0 Å². The van der Waals surface area contributed by atoms with E-state index in [1.807, 2.05) is 0 Å². The number of para-hydroxylation sites is 2. The lowest BCUT2D eigenvalue weighted by Gasteiger charge is -2.11. The van der Waals surface area contributed by atoms with E-state index in [0.29, 0.717) is 11.0 Å². The highest BCUT2D eigenvalue weighted by atomic mass is 32.2. The van der Waals surface area contributed by atoms with E-state index in [-0.39, 0.29) is 18.0 Å². The second-order valence-electron chi connectivity index (χ2n) is 5.28. The summed E-state index contributed by atoms with van der Waals surface area (Å²) in [7, 11) is -3.84. The van der Waals surface area contributed by atoms with Gasteiger partial charge in [-0.05, 0) is 36.4 Å². The Balaban J connectivity index is 1.84. The van der Waals surface area contributed by atoms with Crippen molar-refractivity contribution in [1.29, 1.82) is 0 Å². The molecule has 0 fully saturated rings.